The van der Waals surface area contributed by atoms with Gasteiger partial charge in [0.25, 0.3) is 0 Å². The number of methoxy groups -OCH3 is 1. The number of aliphatic hydroxyl groups excluding tert-OH is 1. The Balaban J connectivity index is 2.00. The molecule has 1 saturated heterocycles. The number of carbonyl (C=O) groups is 4. The molecule has 0 amide bonds. The van der Waals surface area contributed by atoms with Crippen LogP contribution in [0.3, 0.4) is 0 Å². The summed E-state index contributed by atoms with van der Waals surface area (Å²) in [7, 11) is 1.27. The van der Waals surface area contributed by atoms with Gasteiger partial charge in [0.15, 0.2) is 11.6 Å². The second-order valence-electron chi connectivity index (χ2n) is 16.5. The first-order chi connectivity index (χ1) is 23.3. The molecule has 2 bridgehead atoms. The average molecular weight is 697 g/mol. The van der Waals surface area contributed by atoms with E-state index < -0.39 is 58.7 Å². The smallest absolute Gasteiger partial charge is 0.313 e. The standard InChI is InChI=1S/C41H60O9/c1-23(2)28-20-32(42)26(5)12-10-11-24(3)18-33(43)31-19-27(6)29-21-35(45)40(8,48)37-15-16-39(7,47)36(50-37)14-13-25(4)17-30(29)41(31,22-34(28)44)38(46)49-9/h12,17-18,23,28,30-31,35-37,45,47-48H,10-11,13-16,19-22H2,1-9H3/b24-18+,25-17+,26-12+/t28-,30-,31+,35-,36-,37+,39-,40-,41-/m0/s1. The highest BCUT2D eigenvalue weighted by molar-refractivity contribution is 6.02. The lowest BCUT2D eigenvalue weighted by Crippen LogP contribution is -2.59. The number of Topliss-reactive ketones (excluding diaryl/α,β-unsaturated/α-hetero) is 2. The van der Waals surface area contributed by atoms with Crippen LogP contribution in [0, 0.1) is 29.1 Å². The third-order valence-corrected chi connectivity index (χ3v) is 12.4. The number of rotatable bonds is 2. The first-order valence-electron chi connectivity index (χ1n) is 18.4. The van der Waals surface area contributed by atoms with Crippen molar-refractivity contribution >= 4 is 23.3 Å². The lowest BCUT2D eigenvalue weighted by atomic mass is 9.53. The molecule has 4 rings (SSSR count). The van der Waals surface area contributed by atoms with Crippen molar-refractivity contribution < 1.29 is 44.0 Å². The number of aliphatic hydroxyl groups is 3. The molecule has 1 fully saturated rings. The largest absolute Gasteiger partial charge is 0.469 e. The molecule has 0 aromatic heterocycles. The maximum Gasteiger partial charge on any atom is 0.313 e. The van der Waals surface area contributed by atoms with Crippen LogP contribution >= 0.6 is 0 Å². The zero-order chi connectivity index (χ0) is 37.3. The van der Waals surface area contributed by atoms with Crippen LogP contribution in [0.5, 0.6) is 0 Å². The van der Waals surface area contributed by atoms with E-state index in [2.05, 4.69) is 0 Å². The molecule has 9 atom stereocenters. The van der Waals surface area contributed by atoms with E-state index >= 15 is 0 Å². The summed E-state index contributed by atoms with van der Waals surface area (Å²) in [5.41, 5.74) is -0.799. The van der Waals surface area contributed by atoms with Gasteiger partial charge < -0.3 is 24.8 Å². The number of ether oxygens (including phenoxy) is 2. The normalized spacial score (nSPS) is 41.5. The molecule has 0 aromatic carbocycles. The van der Waals surface area contributed by atoms with Crippen molar-refractivity contribution in [3.8, 4) is 0 Å². The maximum absolute atomic E-state index is 14.6. The number of hydrogen-bond acceptors (Lipinski definition) is 9. The van der Waals surface area contributed by atoms with Gasteiger partial charge in [0, 0.05) is 30.6 Å². The summed E-state index contributed by atoms with van der Waals surface area (Å²) in [4.78, 5) is 57.1. The van der Waals surface area contributed by atoms with E-state index in [4.69, 9.17) is 9.47 Å². The Labute approximate surface area is 298 Å². The Morgan fingerprint density at radius 3 is 2.28 bits per heavy atom. The number of fused-ring (bicyclic) bond motifs is 5. The van der Waals surface area contributed by atoms with Crippen molar-refractivity contribution in [2.45, 2.75) is 149 Å². The van der Waals surface area contributed by atoms with Gasteiger partial charge in [0.05, 0.1) is 36.4 Å². The van der Waals surface area contributed by atoms with Gasteiger partial charge >= 0.3 is 5.97 Å². The Bertz CT molecular complexity index is 1470. The fourth-order valence-corrected chi connectivity index (χ4v) is 8.79. The molecular weight excluding hydrogens is 636 g/mol. The molecule has 9 heteroatoms. The van der Waals surface area contributed by atoms with Crippen LogP contribution in [0.4, 0.5) is 0 Å². The van der Waals surface area contributed by atoms with E-state index in [0.717, 1.165) is 16.7 Å². The molecule has 0 unspecified atom stereocenters. The van der Waals surface area contributed by atoms with Gasteiger partial charge in [0.2, 0.25) is 0 Å². The number of hydrogen-bond donors (Lipinski definition) is 3. The summed E-state index contributed by atoms with van der Waals surface area (Å²) in [6.07, 6.45) is 5.25. The highest BCUT2D eigenvalue weighted by Gasteiger charge is 2.60. The van der Waals surface area contributed by atoms with Gasteiger partial charge in [-0.3, -0.25) is 19.2 Å². The second-order valence-corrected chi connectivity index (χ2v) is 16.5. The number of ketones is 3. The van der Waals surface area contributed by atoms with Crippen LogP contribution in [0.15, 0.2) is 46.1 Å². The van der Waals surface area contributed by atoms with Crippen molar-refractivity contribution in [1.82, 2.24) is 0 Å². The van der Waals surface area contributed by atoms with Crippen LogP contribution in [0.2, 0.25) is 0 Å². The summed E-state index contributed by atoms with van der Waals surface area (Å²) in [6.45, 7) is 14.5. The zero-order valence-electron chi connectivity index (χ0n) is 31.6. The summed E-state index contributed by atoms with van der Waals surface area (Å²) in [5, 5.41) is 34.9. The number of esters is 1. The Morgan fingerprint density at radius 2 is 1.64 bits per heavy atom. The van der Waals surface area contributed by atoms with E-state index in [1.54, 1.807) is 26.8 Å². The third kappa shape index (κ3) is 8.01. The van der Waals surface area contributed by atoms with E-state index in [0.29, 0.717) is 49.7 Å². The van der Waals surface area contributed by atoms with Gasteiger partial charge in [-0.15, -0.1) is 0 Å². The predicted octanol–water partition coefficient (Wildman–Crippen LogP) is 6.09. The molecule has 2 aliphatic carbocycles. The molecule has 0 radical (unpaired) electrons. The quantitative estimate of drug-likeness (QED) is 0.231. The highest BCUT2D eigenvalue weighted by Crippen LogP contribution is 2.55. The Hall–Kier alpha value is -2.72. The molecule has 2 aliphatic heterocycles. The molecule has 278 valence electrons. The van der Waals surface area contributed by atoms with Crippen molar-refractivity contribution in [1.29, 1.82) is 0 Å². The minimum atomic E-state index is -1.71. The Kier molecular flexibility index (Phi) is 12.4. The summed E-state index contributed by atoms with van der Waals surface area (Å²) < 4.78 is 11.9. The highest BCUT2D eigenvalue weighted by atomic mass is 16.5. The van der Waals surface area contributed by atoms with Gasteiger partial charge in [0.1, 0.15) is 11.4 Å². The molecule has 0 aromatic rings. The SMILES string of the molecule is COC(=O)[C@]12CC(=O)[C@H](C(C)C)CC(=O)/C(C)=C/CC/C(C)=C/C(=O)[C@H]1CC(C)=C1C[C@H](O)[C@](C)(O)[C@H]3CC[C@](C)(O)[C@H](CC/C(C)=C/[C@@H]12)O3. The predicted molar refractivity (Wildman–Crippen MR) is 191 cm³/mol. The van der Waals surface area contributed by atoms with Crippen LogP contribution in [-0.4, -0.2) is 75.3 Å². The van der Waals surface area contributed by atoms with E-state index in [1.807, 2.05) is 46.8 Å². The first-order valence-corrected chi connectivity index (χ1v) is 18.4. The number of carbonyl (C=O) groups excluding carboxylic acids is 4. The lowest BCUT2D eigenvalue weighted by molar-refractivity contribution is -0.234. The molecule has 0 spiro atoms. The molecular formula is C41H60O9. The molecule has 9 nitrogen and oxygen atoms in total. The maximum atomic E-state index is 14.6. The average Bonchev–Trinajstić information content (AvgIpc) is 3.03. The van der Waals surface area contributed by atoms with Crippen LogP contribution in [0.1, 0.15) is 120 Å². The van der Waals surface area contributed by atoms with Crippen molar-refractivity contribution in [2.75, 3.05) is 7.11 Å². The van der Waals surface area contributed by atoms with Crippen molar-refractivity contribution in [2.24, 2.45) is 29.1 Å². The van der Waals surface area contributed by atoms with Crippen molar-refractivity contribution in [3.05, 3.63) is 46.1 Å². The summed E-state index contributed by atoms with van der Waals surface area (Å²) in [6, 6.07) is 0. The Morgan fingerprint density at radius 1 is 0.960 bits per heavy atom. The zero-order valence-corrected chi connectivity index (χ0v) is 31.6. The fraction of sp³-hybridized carbons (Fsp3) is 0.707. The lowest BCUT2D eigenvalue weighted by Gasteiger charge is -2.50. The van der Waals surface area contributed by atoms with E-state index in [-0.39, 0.29) is 49.0 Å². The number of allylic oxidation sites excluding steroid dienone is 7. The molecule has 0 saturated carbocycles. The topological polar surface area (TPSA) is 147 Å². The van der Waals surface area contributed by atoms with Crippen LogP contribution in [0.25, 0.3) is 0 Å². The molecule has 50 heavy (non-hydrogen) atoms. The fourth-order valence-electron chi connectivity index (χ4n) is 8.79. The van der Waals surface area contributed by atoms with Gasteiger partial charge in [-0.2, -0.15) is 0 Å². The van der Waals surface area contributed by atoms with Gasteiger partial charge in [-0.1, -0.05) is 48.3 Å². The van der Waals surface area contributed by atoms with E-state index in [1.165, 1.54) is 7.11 Å². The van der Waals surface area contributed by atoms with Gasteiger partial charge in [-0.05, 0) is 110 Å². The summed E-state index contributed by atoms with van der Waals surface area (Å²) >= 11 is 0. The summed E-state index contributed by atoms with van der Waals surface area (Å²) in [5.74, 6) is -4.06. The van der Waals surface area contributed by atoms with Crippen LogP contribution < -0.4 is 0 Å². The molecule has 3 N–H and O–H groups in total. The van der Waals surface area contributed by atoms with Crippen molar-refractivity contribution in [3.63, 3.8) is 0 Å². The first kappa shape index (κ1) is 40.1. The van der Waals surface area contributed by atoms with E-state index in [9.17, 15) is 34.5 Å². The third-order valence-electron chi connectivity index (χ3n) is 12.4. The minimum Gasteiger partial charge on any atom is -0.469 e. The van der Waals surface area contributed by atoms with Crippen LogP contribution in [-0.2, 0) is 28.7 Å². The molecule has 2 heterocycles. The minimum absolute atomic E-state index is 0.00490. The monoisotopic (exact) mass is 696 g/mol. The van der Waals surface area contributed by atoms with Gasteiger partial charge in [-0.25, -0.2) is 0 Å². The molecule has 4 aliphatic rings. The second kappa shape index (κ2) is 15.5.